The van der Waals surface area contributed by atoms with Crippen LogP contribution in [0.2, 0.25) is 10.0 Å². The molecule has 1 aliphatic rings. The molecule has 5 rings (SSSR count). The van der Waals surface area contributed by atoms with Crippen molar-refractivity contribution in [1.29, 1.82) is 0 Å². The number of thiophene rings is 1. The van der Waals surface area contributed by atoms with Gasteiger partial charge in [-0.2, -0.15) is 0 Å². The lowest BCUT2D eigenvalue weighted by molar-refractivity contribution is -0.139. The minimum atomic E-state index is -0.622. The van der Waals surface area contributed by atoms with Gasteiger partial charge in [0.05, 0.1) is 26.0 Å². The maximum absolute atomic E-state index is 13.9. The largest absolute Gasteiger partial charge is 0.487 e. The third kappa shape index (κ3) is 5.98. The molecule has 40 heavy (non-hydrogen) atoms. The first kappa shape index (κ1) is 29.5. The van der Waals surface area contributed by atoms with E-state index >= 15 is 0 Å². The van der Waals surface area contributed by atoms with Crippen molar-refractivity contribution in [3.63, 3.8) is 0 Å². The summed E-state index contributed by atoms with van der Waals surface area (Å²) in [6, 6.07) is 12.3. The second kappa shape index (κ2) is 12.5. The monoisotopic (exact) mass is 788 g/mol. The molecule has 0 N–H and O–H groups in total. The zero-order valence-electron chi connectivity index (χ0n) is 21.0. The first-order valence-electron chi connectivity index (χ1n) is 12.0. The normalized spacial score (nSPS) is 15.2. The number of nitrogens with zero attached hydrogens (tertiary/aromatic N) is 2. The molecule has 6 nitrogen and oxygen atoms in total. The van der Waals surface area contributed by atoms with Crippen molar-refractivity contribution in [1.82, 2.24) is 4.57 Å². The molecular weight excluding hydrogens is 770 g/mol. The Kier molecular flexibility index (Phi) is 9.23. The predicted octanol–water partition coefficient (Wildman–Crippen LogP) is 7.11. The second-order valence-corrected chi connectivity index (χ2v) is 13.6. The van der Waals surface area contributed by atoms with Crippen LogP contribution in [0.1, 0.15) is 35.9 Å². The lowest BCUT2D eigenvalue weighted by Gasteiger charge is -2.23. The number of halogens is 4. The van der Waals surface area contributed by atoms with Gasteiger partial charge < -0.3 is 9.47 Å². The van der Waals surface area contributed by atoms with Gasteiger partial charge in [0.25, 0.3) is 5.56 Å². The lowest BCUT2D eigenvalue weighted by Crippen LogP contribution is -2.39. The highest BCUT2D eigenvalue weighted by Crippen LogP contribution is 2.34. The Morgan fingerprint density at radius 1 is 1.25 bits per heavy atom. The fourth-order valence-electron chi connectivity index (χ4n) is 4.28. The molecule has 0 bridgehead atoms. The van der Waals surface area contributed by atoms with Crippen LogP contribution in [0, 0.1) is 3.57 Å². The number of esters is 1. The lowest BCUT2D eigenvalue weighted by atomic mass is 10.0. The Morgan fingerprint density at radius 2 is 2.05 bits per heavy atom. The molecule has 0 radical (unpaired) electrons. The summed E-state index contributed by atoms with van der Waals surface area (Å²) in [6.45, 7) is 3.97. The van der Waals surface area contributed by atoms with E-state index in [4.69, 9.17) is 32.7 Å². The van der Waals surface area contributed by atoms with Crippen LogP contribution in [0.15, 0.2) is 73.4 Å². The molecule has 3 heterocycles. The smallest absolute Gasteiger partial charge is 0.338 e. The Hall–Kier alpha value is -1.96. The van der Waals surface area contributed by atoms with Gasteiger partial charge in [0.15, 0.2) is 4.80 Å². The van der Waals surface area contributed by atoms with Crippen molar-refractivity contribution in [2.75, 3.05) is 6.61 Å². The Bertz CT molecular complexity index is 1830. The van der Waals surface area contributed by atoms with E-state index < -0.39 is 12.0 Å². The second-order valence-electron chi connectivity index (χ2n) is 8.65. The van der Waals surface area contributed by atoms with Crippen molar-refractivity contribution in [2.24, 2.45) is 4.99 Å². The summed E-state index contributed by atoms with van der Waals surface area (Å²) < 4.78 is 15.3. The molecule has 2 aromatic carbocycles. The first-order valence-corrected chi connectivity index (χ1v) is 16.3. The highest BCUT2D eigenvalue weighted by atomic mass is 127. The van der Waals surface area contributed by atoms with Crippen LogP contribution in [0.5, 0.6) is 5.75 Å². The average Bonchev–Trinajstić information content (AvgIpc) is 3.52. The Labute approximate surface area is 269 Å². The van der Waals surface area contributed by atoms with E-state index in [1.807, 2.05) is 35.7 Å². The fourth-order valence-corrected chi connectivity index (χ4v) is 8.31. The summed E-state index contributed by atoms with van der Waals surface area (Å²) in [7, 11) is 0. The number of benzene rings is 2. The van der Waals surface area contributed by atoms with Gasteiger partial charge in [-0.1, -0.05) is 62.6 Å². The summed E-state index contributed by atoms with van der Waals surface area (Å²) >= 11 is 20.9. The predicted molar refractivity (Wildman–Crippen MR) is 172 cm³/mol. The number of carbonyl (C=O) groups is 1. The van der Waals surface area contributed by atoms with E-state index in [9.17, 15) is 9.59 Å². The molecule has 0 saturated carbocycles. The minimum Gasteiger partial charge on any atom is -0.487 e. The quantitative estimate of drug-likeness (QED) is 0.148. The van der Waals surface area contributed by atoms with Crippen LogP contribution in [0.25, 0.3) is 6.08 Å². The third-order valence-corrected chi connectivity index (χ3v) is 9.79. The molecule has 2 aromatic heterocycles. The van der Waals surface area contributed by atoms with Crippen LogP contribution in [0.4, 0.5) is 0 Å². The number of aromatic nitrogens is 1. The summed E-state index contributed by atoms with van der Waals surface area (Å²) in [5, 5.41) is 2.98. The topological polar surface area (TPSA) is 69.9 Å². The van der Waals surface area contributed by atoms with Gasteiger partial charge in [0, 0.05) is 30.5 Å². The Balaban J connectivity index is 1.62. The third-order valence-electron chi connectivity index (χ3n) is 6.04. The summed E-state index contributed by atoms with van der Waals surface area (Å²) in [5.41, 5.74) is 2.14. The maximum atomic E-state index is 13.9. The molecule has 0 fully saturated rings. The molecule has 0 spiro atoms. The van der Waals surface area contributed by atoms with E-state index in [1.165, 1.54) is 22.7 Å². The van der Waals surface area contributed by atoms with E-state index in [2.05, 4.69) is 43.5 Å². The highest BCUT2D eigenvalue weighted by Gasteiger charge is 2.34. The van der Waals surface area contributed by atoms with Gasteiger partial charge in [0.1, 0.15) is 18.4 Å². The van der Waals surface area contributed by atoms with Crippen molar-refractivity contribution < 1.29 is 14.3 Å². The molecule has 12 heteroatoms. The molecule has 0 amide bonds. The van der Waals surface area contributed by atoms with E-state index in [1.54, 1.807) is 36.6 Å². The molecular formula is C28H20BrCl2IN2O4S2. The maximum Gasteiger partial charge on any atom is 0.338 e. The summed E-state index contributed by atoms with van der Waals surface area (Å²) in [4.78, 5) is 32.9. The SMILES string of the molecule is CCOC(=O)C1=C(C)N=c2s/c(=C\c3cc(Br)cc(I)c3OCc3ccc(Cl)cc3Cl)c(=O)n2[C@@H]1c1cccs1. The van der Waals surface area contributed by atoms with E-state index in [-0.39, 0.29) is 18.8 Å². The van der Waals surface area contributed by atoms with Crippen molar-refractivity contribution in [2.45, 2.75) is 26.5 Å². The van der Waals surface area contributed by atoms with Gasteiger partial charge in [-0.15, -0.1) is 11.3 Å². The highest BCUT2D eigenvalue weighted by molar-refractivity contribution is 14.1. The van der Waals surface area contributed by atoms with Gasteiger partial charge in [0.2, 0.25) is 0 Å². The molecule has 1 atom stereocenters. The minimum absolute atomic E-state index is 0.218. The zero-order valence-corrected chi connectivity index (χ0v) is 27.9. The van der Waals surface area contributed by atoms with Crippen molar-refractivity contribution in [3.8, 4) is 5.75 Å². The van der Waals surface area contributed by atoms with Gasteiger partial charge in [-0.05, 0) is 78.2 Å². The first-order chi connectivity index (χ1) is 19.2. The molecule has 0 aliphatic carbocycles. The number of rotatable bonds is 7. The van der Waals surface area contributed by atoms with Crippen LogP contribution in [-0.4, -0.2) is 17.1 Å². The zero-order chi connectivity index (χ0) is 28.6. The summed E-state index contributed by atoms with van der Waals surface area (Å²) in [6.07, 6.45) is 1.80. The fraction of sp³-hybridized carbons (Fsp3) is 0.179. The number of fused-ring (bicyclic) bond motifs is 1. The molecule has 1 aliphatic heterocycles. The number of thiazole rings is 1. The number of hydrogen-bond donors (Lipinski definition) is 0. The number of allylic oxidation sites excluding steroid dienone is 1. The molecule has 0 unspecified atom stereocenters. The van der Waals surface area contributed by atoms with Crippen molar-refractivity contribution >= 4 is 96.4 Å². The molecule has 206 valence electrons. The van der Waals surface area contributed by atoms with Gasteiger partial charge in [-0.25, -0.2) is 9.79 Å². The van der Waals surface area contributed by atoms with Gasteiger partial charge in [-0.3, -0.25) is 9.36 Å². The van der Waals surface area contributed by atoms with E-state index in [0.29, 0.717) is 42.0 Å². The standard InChI is InChI=1S/C28H20BrCl2IN2O4S2/c1-3-37-27(36)23-14(2)33-28-34(24(23)21-5-4-8-39-21)26(35)22(40-28)10-16-9-17(29)11-20(32)25(16)38-13-15-6-7-18(30)12-19(15)31/h4-12,24H,3,13H2,1-2H3/b22-10-/t24-/m1/s1. The average molecular weight is 790 g/mol. The van der Waals surface area contributed by atoms with Crippen LogP contribution < -0.4 is 19.6 Å². The van der Waals surface area contributed by atoms with Crippen LogP contribution in [-0.2, 0) is 16.1 Å². The number of hydrogen-bond acceptors (Lipinski definition) is 7. The number of ether oxygens (including phenoxy) is 2. The molecule has 4 aromatic rings. The number of carbonyl (C=O) groups excluding carboxylic acids is 1. The summed E-state index contributed by atoms with van der Waals surface area (Å²) in [5.74, 6) is 0.133. The van der Waals surface area contributed by atoms with Gasteiger partial charge >= 0.3 is 5.97 Å². The Morgan fingerprint density at radius 3 is 2.75 bits per heavy atom. The van der Waals surface area contributed by atoms with Crippen LogP contribution >= 0.6 is 84.4 Å². The van der Waals surface area contributed by atoms with E-state index in [0.717, 1.165) is 18.5 Å². The van der Waals surface area contributed by atoms with Crippen molar-refractivity contribution in [3.05, 3.63) is 113 Å². The molecule has 0 saturated heterocycles. The van der Waals surface area contributed by atoms with Crippen LogP contribution in [0.3, 0.4) is 0 Å².